The SMILES string of the molecule is C[P+](C)(C)Cc1ccccc1.O. The van der Waals surface area contributed by atoms with Crippen LogP contribution in [0.1, 0.15) is 5.56 Å². The summed E-state index contributed by atoms with van der Waals surface area (Å²) in [6.07, 6.45) is 1.27. The van der Waals surface area contributed by atoms with Crippen molar-refractivity contribution >= 4 is 7.26 Å². The molecule has 0 saturated heterocycles. The molecule has 0 aliphatic heterocycles. The Morgan fingerprint density at radius 3 is 1.92 bits per heavy atom. The van der Waals surface area contributed by atoms with Gasteiger partial charge in [-0.15, -0.1) is 0 Å². The molecule has 0 saturated carbocycles. The molecular formula is C10H18OP+. The van der Waals surface area contributed by atoms with Crippen molar-refractivity contribution in [3.8, 4) is 0 Å². The standard InChI is InChI=1S/C10H16P.H2O/c1-11(2,3)9-10-7-5-4-6-8-10;/h4-8H,9H2,1-3H3;1H2/q+1;. The van der Waals surface area contributed by atoms with E-state index in [2.05, 4.69) is 50.3 Å². The zero-order valence-electron chi connectivity index (χ0n) is 8.04. The van der Waals surface area contributed by atoms with Crippen LogP contribution in [0.3, 0.4) is 0 Å². The third-order valence-electron chi connectivity index (χ3n) is 1.50. The van der Waals surface area contributed by atoms with Crippen LogP contribution in [0.15, 0.2) is 30.3 Å². The summed E-state index contributed by atoms with van der Waals surface area (Å²) in [6, 6.07) is 10.7. The molecule has 0 radical (unpaired) electrons. The number of benzene rings is 1. The molecule has 1 aromatic carbocycles. The van der Waals surface area contributed by atoms with Gasteiger partial charge in [0.25, 0.3) is 0 Å². The first-order valence-electron chi connectivity index (χ1n) is 3.92. The highest BCUT2D eigenvalue weighted by atomic mass is 31.2. The molecule has 1 nitrogen and oxygen atoms in total. The molecule has 0 spiro atoms. The van der Waals surface area contributed by atoms with Gasteiger partial charge in [-0.3, -0.25) is 0 Å². The molecule has 1 aromatic rings. The van der Waals surface area contributed by atoms with E-state index in [4.69, 9.17) is 0 Å². The van der Waals surface area contributed by atoms with Crippen LogP contribution in [0.2, 0.25) is 0 Å². The second-order valence-electron chi connectivity index (χ2n) is 3.93. The van der Waals surface area contributed by atoms with E-state index in [1.54, 1.807) is 0 Å². The molecule has 0 aliphatic carbocycles. The van der Waals surface area contributed by atoms with Crippen molar-refractivity contribution < 1.29 is 5.48 Å². The third-order valence-corrected chi connectivity index (χ3v) is 2.81. The van der Waals surface area contributed by atoms with Gasteiger partial charge in [-0.2, -0.15) is 0 Å². The quantitative estimate of drug-likeness (QED) is 0.633. The molecule has 0 amide bonds. The first kappa shape index (κ1) is 11.6. The highest BCUT2D eigenvalue weighted by Crippen LogP contribution is 2.49. The van der Waals surface area contributed by atoms with Crippen LogP contribution >= 0.6 is 7.26 Å². The van der Waals surface area contributed by atoms with E-state index in [9.17, 15) is 0 Å². The second kappa shape index (κ2) is 4.59. The largest absolute Gasteiger partial charge is 0.412 e. The third kappa shape index (κ3) is 4.48. The highest BCUT2D eigenvalue weighted by Gasteiger charge is 2.16. The van der Waals surface area contributed by atoms with E-state index in [-0.39, 0.29) is 5.48 Å². The zero-order valence-corrected chi connectivity index (χ0v) is 8.94. The van der Waals surface area contributed by atoms with E-state index in [1.165, 1.54) is 11.7 Å². The molecule has 68 valence electrons. The van der Waals surface area contributed by atoms with E-state index < -0.39 is 7.26 Å². The van der Waals surface area contributed by atoms with Crippen LogP contribution in [-0.4, -0.2) is 25.5 Å². The molecule has 2 heteroatoms. The van der Waals surface area contributed by atoms with Gasteiger partial charge in [-0.05, 0) is 5.56 Å². The topological polar surface area (TPSA) is 31.5 Å². The molecule has 12 heavy (non-hydrogen) atoms. The van der Waals surface area contributed by atoms with Gasteiger partial charge in [0.05, 0.1) is 6.16 Å². The van der Waals surface area contributed by atoms with Crippen LogP contribution in [0, 0.1) is 0 Å². The predicted molar refractivity (Wildman–Crippen MR) is 58.5 cm³/mol. The van der Waals surface area contributed by atoms with E-state index in [1.807, 2.05) is 0 Å². The van der Waals surface area contributed by atoms with Gasteiger partial charge >= 0.3 is 0 Å². The van der Waals surface area contributed by atoms with Crippen LogP contribution < -0.4 is 0 Å². The lowest BCUT2D eigenvalue weighted by molar-refractivity contribution is 0.824. The summed E-state index contributed by atoms with van der Waals surface area (Å²) < 4.78 is 0. The first-order chi connectivity index (χ1) is 5.08. The first-order valence-corrected chi connectivity index (χ1v) is 7.24. The summed E-state index contributed by atoms with van der Waals surface area (Å²) in [5.74, 6) is 0. The summed E-state index contributed by atoms with van der Waals surface area (Å²) in [5, 5.41) is 0. The van der Waals surface area contributed by atoms with Crippen LogP contribution in [0.25, 0.3) is 0 Å². The Kier molecular flexibility index (Phi) is 4.44. The molecule has 2 N–H and O–H groups in total. The number of hydrogen-bond donors (Lipinski definition) is 0. The van der Waals surface area contributed by atoms with Crippen LogP contribution in [0.4, 0.5) is 0 Å². The summed E-state index contributed by atoms with van der Waals surface area (Å²) in [6.45, 7) is 7.12. The molecule has 0 fully saturated rings. The number of rotatable bonds is 2. The van der Waals surface area contributed by atoms with Gasteiger partial charge in [-0.1, -0.05) is 30.3 Å². The Balaban J connectivity index is 0.00000121. The lowest BCUT2D eigenvalue weighted by atomic mass is 10.2. The summed E-state index contributed by atoms with van der Waals surface area (Å²) >= 11 is 0. The second-order valence-corrected chi connectivity index (χ2v) is 8.83. The monoisotopic (exact) mass is 185 g/mol. The van der Waals surface area contributed by atoms with Gasteiger partial charge in [0.1, 0.15) is 0 Å². The van der Waals surface area contributed by atoms with Gasteiger partial charge < -0.3 is 5.48 Å². The molecule has 0 aliphatic rings. The molecule has 0 atom stereocenters. The maximum Gasteiger partial charge on any atom is 0.0834 e. The lowest BCUT2D eigenvalue weighted by Crippen LogP contribution is -1.90. The molecule has 0 unspecified atom stereocenters. The highest BCUT2D eigenvalue weighted by molar-refractivity contribution is 7.72. The maximum atomic E-state index is 2.38. The maximum absolute atomic E-state index is 2.38. The predicted octanol–water partition coefficient (Wildman–Crippen LogP) is 2.27. The summed E-state index contributed by atoms with van der Waals surface area (Å²) in [7, 11) is -0.638. The fourth-order valence-electron chi connectivity index (χ4n) is 1.13. The van der Waals surface area contributed by atoms with Crippen molar-refractivity contribution in [3.05, 3.63) is 35.9 Å². The Bertz CT molecular complexity index is 213. The average Bonchev–Trinajstić information content (AvgIpc) is 1.85. The fraction of sp³-hybridized carbons (Fsp3) is 0.400. The van der Waals surface area contributed by atoms with Gasteiger partial charge in [-0.25, -0.2) is 0 Å². The number of hydrogen-bond acceptors (Lipinski definition) is 0. The lowest BCUT2D eigenvalue weighted by Gasteiger charge is -2.10. The van der Waals surface area contributed by atoms with Crippen molar-refractivity contribution in [2.45, 2.75) is 6.16 Å². The van der Waals surface area contributed by atoms with Gasteiger partial charge in [0.2, 0.25) is 0 Å². The Morgan fingerprint density at radius 2 is 1.50 bits per heavy atom. The van der Waals surface area contributed by atoms with Gasteiger partial charge in [0.15, 0.2) is 0 Å². The van der Waals surface area contributed by atoms with E-state index in [0.29, 0.717) is 0 Å². The van der Waals surface area contributed by atoms with Crippen molar-refractivity contribution in [2.75, 3.05) is 20.0 Å². The molecule has 1 rings (SSSR count). The molecule has 0 aromatic heterocycles. The Labute approximate surface area is 75.5 Å². The van der Waals surface area contributed by atoms with E-state index >= 15 is 0 Å². The average molecular weight is 185 g/mol. The zero-order chi connectivity index (χ0) is 8.32. The van der Waals surface area contributed by atoms with Crippen LogP contribution in [-0.2, 0) is 6.16 Å². The van der Waals surface area contributed by atoms with Crippen LogP contribution in [0.5, 0.6) is 0 Å². The normalized spacial score (nSPS) is 10.6. The Morgan fingerprint density at radius 1 is 1.00 bits per heavy atom. The minimum atomic E-state index is -0.638. The Hall–Kier alpha value is -0.390. The summed E-state index contributed by atoms with van der Waals surface area (Å²) in [5.41, 5.74) is 1.48. The molecule has 0 heterocycles. The van der Waals surface area contributed by atoms with Gasteiger partial charge in [0, 0.05) is 27.3 Å². The summed E-state index contributed by atoms with van der Waals surface area (Å²) in [4.78, 5) is 0. The van der Waals surface area contributed by atoms with Crippen molar-refractivity contribution in [2.24, 2.45) is 0 Å². The minimum absolute atomic E-state index is 0. The minimum Gasteiger partial charge on any atom is -0.412 e. The van der Waals surface area contributed by atoms with E-state index in [0.717, 1.165) is 0 Å². The molecule has 0 bridgehead atoms. The molecular weight excluding hydrogens is 167 g/mol. The fourth-order valence-corrected chi connectivity index (χ4v) is 2.44. The van der Waals surface area contributed by atoms with Crippen molar-refractivity contribution in [3.63, 3.8) is 0 Å². The van der Waals surface area contributed by atoms with Crippen molar-refractivity contribution in [1.29, 1.82) is 0 Å². The smallest absolute Gasteiger partial charge is 0.0834 e. The van der Waals surface area contributed by atoms with Crippen molar-refractivity contribution in [1.82, 2.24) is 0 Å².